The molecule has 0 saturated carbocycles. The number of benzene rings is 1. The summed E-state index contributed by atoms with van der Waals surface area (Å²) in [6, 6.07) is 4.21. The minimum Gasteiger partial charge on any atom is -0.496 e. The molecular weight excluding hydrogens is 240 g/mol. The molecule has 7 nitrogen and oxygen atoms in total. The highest BCUT2D eigenvalue weighted by molar-refractivity contribution is 6.01. The average molecular weight is 252 g/mol. The summed E-state index contributed by atoms with van der Waals surface area (Å²) >= 11 is 0. The Bertz CT molecular complexity index is 496. The molecule has 1 aromatic rings. The lowest BCUT2D eigenvalue weighted by Gasteiger charge is -2.35. The summed E-state index contributed by atoms with van der Waals surface area (Å²) < 4.78 is 4.99. The van der Waals surface area contributed by atoms with Crippen LogP contribution in [0.2, 0.25) is 0 Å². The number of aliphatic hydroxyl groups is 1. The molecular formula is C11H12N2O5. The van der Waals surface area contributed by atoms with Gasteiger partial charge in [0.25, 0.3) is 11.6 Å². The summed E-state index contributed by atoms with van der Waals surface area (Å²) in [5, 5.41) is 20.1. The SMILES string of the molecule is COc1cccc([N+](=O)[O-])c1C(=O)N1CC(O)C1. The topological polar surface area (TPSA) is 92.9 Å². The van der Waals surface area contributed by atoms with Gasteiger partial charge in [0.15, 0.2) is 5.56 Å². The molecule has 0 radical (unpaired) electrons. The number of β-amino-alcohol motifs (C(OH)–C–C–N with tert-alkyl or cyclic N) is 1. The van der Waals surface area contributed by atoms with Gasteiger partial charge in [-0.05, 0) is 6.07 Å². The maximum atomic E-state index is 12.1. The highest BCUT2D eigenvalue weighted by atomic mass is 16.6. The van der Waals surface area contributed by atoms with Crippen molar-refractivity contribution in [3.63, 3.8) is 0 Å². The predicted molar refractivity (Wildman–Crippen MR) is 61.6 cm³/mol. The minimum atomic E-state index is -0.619. The van der Waals surface area contributed by atoms with E-state index in [1.165, 1.54) is 30.2 Å². The van der Waals surface area contributed by atoms with Gasteiger partial charge in [0.2, 0.25) is 0 Å². The standard InChI is InChI=1S/C11H12N2O5/c1-18-9-4-2-3-8(13(16)17)10(9)11(15)12-5-7(14)6-12/h2-4,7,14H,5-6H2,1H3. The van der Waals surface area contributed by atoms with Crippen LogP contribution in [0.3, 0.4) is 0 Å². The van der Waals surface area contributed by atoms with Gasteiger partial charge < -0.3 is 14.7 Å². The number of carbonyl (C=O) groups is 1. The zero-order valence-electron chi connectivity index (χ0n) is 9.70. The lowest BCUT2D eigenvalue weighted by atomic mass is 10.1. The Morgan fingerprint density at radius 2 is 2.22 bits per heavy atom. The highest BCUT2D eigenvalue weighted by Crippen LogP contribution is 2.30. The molecule has 1 aliphatic heterocycles. The lowest BCUT2D eigenvalue weighted by Crippen LogP contribution is -2.53. The Morgan fingerprint density at radius 3 is 2.72 bits per heavy atom. The van der Waals surface area contributed by atoms with Gasteiger partial charge in [-0.15, -0.1) is 0 Å². The molecule has 1 heterocycles. The van der Waals surface area contributed by atoms with E-state index in [4.69, 9.17) is 9.84 Å². The second-order valence-corrected chi connectivity index (χ2v) is 3.98. The van der Waals surface area contributed by atoms with E-state index in [9.17, 15) is 14.9 Å². The number of hydrogen-bond acceptors (Lipinski definition) is 5. The molecule has 0 aliphatic carbocycles. The Hall–Kier alpha value is -2.15. The van der Waals surface area contributed by atoms with Crippen LogP contribution in [0.1, 0.15) is 10.4 Å². The van der Waals surface area contributed by atoms with Crippen LogP contribution in [-0.4, -0.2) is 47.1 Å². The highest BCUT2D eigenvalue weighted by Gasteiger charge is 2.35. The maximum Gasteiger partial charge on any atom is 0.285 e. The van der Waals surface area contributed by atoms with Crippen molar-refractivity contribution in [2.45, 2.75) is 6.10 Å². The van der Waals surface area contributed by atoms with Crippen molar-refractivity contribution >= 4 is 11.6 Å². The van der Waals surface area contributed by atoms with Crippen LogP contribution in [0.25, 0.3) is 0 Å². The van der Waals surface area contributed by atoms with Crippen molar-refractivity contribution in [1.29, 1.82) is 0 Å². The predicted octanol–water partition coefficient (Wildman–Crippen LogP) is 0.420. The summed E-state index contributed by atoms with van der Waals surface area (Å²) in [4.78, 5) is 23.7. The van der Waals surface area contributed by atoms with Crippen LogP contribution in [0, 0.1) is 10.1 Å². The quantitative estimate of drug-likeness (QED) is 0.621. The molecule has 1 amide bonds. The number of hydrogen-bond donors (Lipinski definition) is 1. The van der Waals surface area contributed by atoms with Crippen LogP contribution in [0.15, 0.2) is 18.2 Å². The zero-order chi connectivity index (χ0) is 13.3. The van der Waals surface area contributed by atoms with Crippen molar-refractivity contribution in [3.05, 3.63) is 33.9 Å². The molecule has 2 rings (SSSR count). The third kappa shape index (κ3) is 2.00. The number of rotatable bonds is 3. The molecule has 0 atom stereocenters. The van der Waals surface area contributed by atoms with E-state index >= 15 is 0 Å². The van der Waals surface area contributed by atoms with Gasteiger partial charge in [-0.25, -0.2) is 0 Å². The van der Waals surface area contributed by atoms with E-state index in [2.05, 4.69) is 0 Å². The normalized spacial score (nSPS) is 15.1. The van der Waals surface area contributed by atoms with E-state index in [1.54, 1.807) is 0 Å². The third-order valence-electron chi connectivity index (χ3n) is 2.78. The molecule has 1 fully saturated rings. The fraction of sp³-hybridized carbons (Fsp3) is 0.364. The number of aliphatic hydroxyl groups excluding tert-OH is 1. The number of ether oxygens (including phenoxy) is 1. The molecule has 0 aromatic heterocycles. The monoisotopic (exact) mass is 252 g/mol. The first-order valence-corrected chi connectivity index (χ1v) is 5.33. The Kier molecular flexibility index (Phi) is 3.15. The number of methoxy groups -OCH3 is 1. The number of nitrogens with zero attached hydrogens (tertiary/aromatic N) is 2. The molecule has 18 heavy (non-hydrogen) atoms. The van der Waals surface area contributed by atoms with E-state index in [-0.39, 0.29) is 30.1 Å². The number of likely N-dealkylation sites (tertiary alicyclic amines) is 1. The first kappa shape index (κ1) is 12.3. The number of nitro groups is 1. The second kappa shape index (κ2) is 4.61. The van der Waals surface area contributed by atoms with E-state index in [0.29, 0.717) is 0 Å². The van der Waals surface area contributed by atoms with Crippen molar-refractivity contribution in [2.75, 3.05) is 20.2 Å². The first-order chi connectivity index (χ1) is 8.54. The molecule has 0 unspecified atom stereocenters. The van der Waals surface area contributed by atoms with Crippen LogP contribution in [0.4, 0.5) is 5.69 Å². The summed E-state index contributed by atoms with van der Waals surface area (Å²) in [6.07, 6.45) is -0.553. The fourth-order valence-electron chi connectivity index (χ4n) is 1.84. The van der Waals surface area contributed by atoms with E-state index in [1.807, 2.05) is 0 Å². The first-order valence-electron chi connectivity index (χ1n) is 5.33. The molecule has 1 N–H and O–H groups in total. The second-order valence-electron chi connectivity index (χ2n) is 3.98. The van der Waals surface area contributed by atoms with Crippen molar-refractivity contribution in [1.82, 2.24) is 4.90 Å². The van der Waals surface area contributed by atoms with E-state index < -0.39 is 16.9 Å². The van der Waals surface area contributed by atoms with Gasteiger partial charge >= 0.3 is 0 Å². The molecule has 1 saturated heterocycles. The van der Waals surface area contributed by atoms with Crippen LogP contribution >= 0.6 is 0 Å². The summed E-state index contributed by atoms with van der Waals surface area (Å²) in [6.45, 7) is 0.377. The van der Waals surface area contributed by atoms with Crippen LogP contribution in [0.5, 0.6) is 5.75 Å². The molecule has 1 aliphatic rings. The van der Waals surface area contributed by atoms with Gasteiger partial charge in [-0.2, -0.15) is 0 Å². The summed E-state index contributed by atoms with van der Waals surface area (Å²) in [5.74, 6) is -0.333. The molecule has 1 aromatic carbocycles. The Labute approximate surface area is 103 Å². The van der Waals surface area contributed by atoms with Gasteiger partial charge in [0, 0.05) is 19.2 Å². The largest absolute Gasteiger partial charge is 0.496 e. The van der Waals surface area contributed by atoms with Gasteiger partial charge in [0.1, 0.15) is 5.75 Å². The van der Waals surface area contributed by atoms with Crippen LogP contribution < -0.4 is 4.74 Å². The van der Waals surface area contributed by atoms with E-state index in [0.717, 1.165) is 0 Å². The Morgan fingerprint density at radius 1 is 1.56 bits per heavy atom. The zero-order valence-corrected chi connectivity index (χ0v) is 9.70. The van der Waals surface area contributed by atoms with Crippen molar-refractivity contribution in [2.24, 2.45) is 0 Å². The van der Waals surface area contributed by atoms with Crippen molar-refractivity contribution in [3.8, 4) is 5.75 Å². The third-order valence-corrected chi connectivity index (χ3v) is 2.78. The number of amides is 1. The molecule has 0 bridgehead atoms. The van der Waals surface area contributed by atoms with Crippen LogP contribution in [-0.2, 0) is 0 Å². The maximum absolute atomic E-state index is 12.1. The smallest absolute Gasteiger partial charge is 0.285 e. The molecule has 7 heteroatoms. The van der Waals surface area contributed by atoms with Crippen molar-refractivity contribution < 1.29 is 19.6 Å². The summed E-state index contributed by atoms with van der Waals surface area (Å²) in [5.41, 5.74) is -0.363. The lowest BCUT2D eigenvalue weighted by molar-refractivity contribution is -0.385. The number of nitro benzene ring substituents is 1. The average Bonchev–Trinajstić information content (AvgIpc) is 2.33. The molecule has 0 spiro atoms. The summed E-state index contributed by atoms with van der Waals surface area (Å²) in [7, 11) is 1.35. The van der Waals surface area contributed by atoms with Gasteiger partial charge in [-0.1, -0.05) is 6.07 Å². The molecule has 96 valence electrons. The number of carbonyl (C=O) groups excluding carboxylic acids is 1. The fourth-order valence-corrected chi connectivity index (χ4v) is 1.84. The minimum absolute atomic E-state index is 0.0723. The van der Waals surface area contributed by atoms with Gasteiger partial charge in [0.05, 0.1) is 18.1 Å². The van der Waals surface area contributed by atoms with Gasteiger partial charge in [-0.3, -0.25) is 14.9 Å². The Balaban J connectivity index is 2.40.